The molecular formula is C18H27ClN2O3. The molecule has 1 fully saturated rings. The molecule has 2 N–H and O–H groups in total. The summed E-state index contributed by atoms with van der Waals surface area (Å²) in [7, 11) is 0. The van der Waals surface area contributed by atoms with E-state index in [0.717, 1.165) is 43.6 Å². The van der Waals surface area contributed by atoms with Crippen LogP contribution in [0.15, 0.2) is 24.3 Å². The molecule has 0 spiro atoms. The molecular weight excluding hydrogens is 328 g/mol. The molecule has 0 aromatic heterocycles. The van der Waals surface area contributed by atoms with Crippen LogP contribution in [0.5, 0.6) is 0 Å². The smallest absolute Gasteiger partial charge is 0.310 e. The third kappa shape index (κ3) is 7.32. The number of ether oxygens (including phenoxy) is 1. The second-order valence-corrected chi connectivity index (χ2v) is 5.96. The summed E-state index contributed by atoms with van der Waals surface area (Å²) in [6.45, 7) is 4.28. The molecule has 1 aliphatic heterocycles. The minimum Gasteiger partial charge on any atom is -0.466 e. The lowest BCUT2D eigenvalue weighted by molar-refractivity contribution is -0.142. The largest absolute Gasteiger partial charge is 0.466 e. The highest BCUT2D eigenvalue weighted by atomic mass is 35.5. The highest BCUT2D eigenvalue weighted by Crippen LogP contribution is 2.18. The number of hydrogen-bond donors (Lipinski definition) is 2. The standard InChI is InChI=1S/C18H26N2O3.ClH/c1-2-23-18(22)13-15-4-3-5-16(12-15)20-17(21)7-6-14-8-10-19-11-9-14;/h3-5,12,14,19H,2,6-11,13H2,1H3,(H,20,21);1H. The molecule has 134 valence electrons. The van der Waals surface area contributed by atoms with Gasteiger partial charge in [-0.25, -0.2) is 0 Å². The zero-order valence-corrected chi connectivity index (χ0v) is 15.0. The van der Waals surface area contributed by atoms with Gasteiger partial charge in [0, 0.05) is 12.1 Å². The van der Waals surface area contributed by atoms with Crippen molar-refractivity contribution in [2.75, 3.05) is 25.0 Å². The van der Waals surface area contributed by atoms with Gasteiger partial charge in [-0.3, -0.25) is 9.59 Å². The Hall–Kier alpha value is -1.59. The predicted molar refractivity (Wildman–Crippen MR) is 97.5 cm³/mol. The van der Waals surface area contributed by atoms with E-state index in [0.29, 0.717) is 18.9 Å². The van der Waals surface area contributed by atoms with Gasteiger partial charge in [-0.2, -0.15) is 0 Å². The molecule has 0 atom stereocenters. The fraction of sp³-hybridized carbons (Fsp3) is 0.556. The third-order valence-corrected chi connectivity index (χ3v) is 4.10. The molecule has 0 unspecified atom stereocenters. The van der Waals surface area contributed by atoms with Gasteiger partial charge in [0.1, 0.15) is 0 Å². The van der Waals surface area contributed by atoms with Gasteiger partial charge in [-0.15, -0.1) is 12.4 Å². The van der Waals surface area contributed by atoms with Crippen molar-refractivity contribution >= 4 is 30.0 Å². The van der Waals surface area contributed by atoms with Crippen LogP contribution in [0.1, 0.15) is 38.2 Å². The summed E-state index contributed by atoms with van der Waals surface area (Å²) in [5.41, 5.74) is 1.58. The van der Waals surface area contributed by atoms with E-state index in [1.807, 2.05) is 24.3 Å². The molecule has 0 aliphatic carbocycles. The van der Waals surface area contributed by atoms with E-state index in [1.165, 1.54) is 0 Å². The van der Waals surface area contributed by atoms with Crippen molar-refractivity contribution in [1.82, 2.24) is 5.32 Å². The molecule has 6 heteroatoms. The molecule has 0 bridgehead atoms. The van der Waals surface area contributed by atoms with E-state index in [4.69, 9.17) is 4.74 Å². The number of carbonyl (C=O) groups excluding carboxylic acids is 2. The van der Waals surface area contributed by atoms with E-state index in [1.54, 1.807) is 6.92 Å². The number of anilines is 1. The van der Waals surface area contributed by atoms with Crippen LogP contribution in [0.25, 0.3) is 0 Å². The summed E-state index contributed by atoms with van der Waals surface area (Å²) in [6, 6.07) is 7.38. The van der Waals surface area contributed by atoms with Crippen LogP contribution in [-0.4, -0.2) is 31.6 Å². The Balaban J connectivity index is 0.00000288. The summed E-state index contributed by atoms with van der Waals surface area (Å²) in [5, 5.41) is 6.26. The van der Waals surface area contributed by atoms with Gasteiger partial charge in [-0.1, -0.05) is 12.1 Å². The number of benzene rings is 1. The van der Waals surface area contributed by atoms with Crippen molar-refractivity contribution in [2.24, 2.45) is 5.92 Å². The van der Waals surface area contributed by atoms with Crippen LogP contribution in [0.2, 0.25) is 0 Å². The lowest BCUT2D eigenvalue weighted by atomic mass is 9.93. The van der Waals surface area contributed by atoms with E-state index in [9.17, 15) is 9.59 Å². The van der Waals surface area contributed by atoms with Crippen molar-refractivity contribution in [3.8, 4) is 0 Å². The molecule has 0 saturated carbocycles. The number of carbonyl (C=O) groups is 2. The zero-order chi connectivity index (χ0) is 16.5. The highest BCUT2D eigenvalue weighted by Gasteiger charge is 2.14. The number of esters is 1. The van der Waals surface area contributed by atoms with Crippen LogP contribution >= 0.6 is 12.4 Å². The molecule has 1 saturated heterocycles. The first-order valence-electron chi connectivity index (χ1n) is 8.42. The SMILES string of the molecule is CCOC(=O)Cc1cccc(NC(=O)CCC2CCNCC2)c1.Cl. The first kappa shape index (κ1) is 20.5. The monoisotopic (exact) mass is 354 g/mol. The quantitative estimate of drug-likeness (QED) is 0.739. The summed E-state index contributed by atoms with van der Waals surface area (Å²) < 4.78 is 4.94. The summed E-state index contributed by atoms with van der Waals surface area (Å²) in [6.07, 6.45) is 4.03. The van der Waals surface area contributed by atoms with E-state index >= 15 is 0 Å². The van der Waals surface area contributed by atoms with Gasteiger partial charge in [0.05, 0.1) is 13.0 Å². The van der Waals surface area contributed by atoms with Crippen LogP contribution in [0.4, 0.5) is 5.69 Å². The van der Waals surface area contributed by atoms with Gasteiger partial charge in [0.25, 0.3) is 0 Å². The number of halogens is 1. The van der Waals surface area contributed by atoms with Gasteiger partial charge < -0.3 is 15.4 Å². The highest BCUT2D eigenvalue weighted by molar-refractivity contribution is 5.90. The summed E-state index contributed by atoms with van der Waals surface area (Å²) in [5.74, 6) is 0.441. The second kappa shape index (κ2) is 11.0. The molecule has 1 amide bonds. The molecule has 1 heterocycles. The van der Waals surface area contributed by atoms with Crippen molar-refractivity contribution in [2.45, 2.75) is 39.0 Å². The van der Waals surface area contributed by atoms with Gasteiger partial charge in [0.15, 0.2) is 0 Å². The van der Waals surface area contributed by atoms with E-state index < -0.39 is 0 Å². The maximum Gasteiger partial charge on any atom is 0.310 e. The Morgan fingerprint density at radius 3 is 2.75 bits per heavy atom. The second-order valence-electron chi connectivity index (χ2n) is 5.96. The minimum atomic E-state index is -0.248. The van der Waals surface area contributed by atoms with E-state index in [-0.39, 0.29) is 30.7 Å². The average molecular weight is 355 g/mol. The van der Waals surface area contributed by atoms with E-state index in [2.05, 4.69) is 10.6 Å². The molecule has 0 radical (unpaired) electrons. The van der Waals surface area contributed by atoms with Crippen LogP contribution < -0.4 is 10.6 Å². The van der Waals surface area contributed by atoms with Gasteiger partial charge >= 0.3 is 5.97 Å². The van der Waals surface area contributed by atoms with Crippen LogP contribution in [0, 0.1) is 5.92 Å². The molecule has 2 rings (SSSR count). The Labute approximate surface area is 149 Å². The van der Waals surface area contributed by atoms with Crippen LogP contribution in [0.3, 0.4) is 0 Å². The minimum absolute atomic E-state index is 0. The first-order valence-corrected chi connectivity index (χ1v) is 8.42. The summed E-state index contributed by atoms with van der Waals surface area (Å²) >= 11 is 0. The molecule has 24 heavy (non-hydrogen) atoms. The number of piperidine rings is 1. The topological polar surface area (TPSA) is 67.4 Å². The fourth-order valence-electron chi connectivity index (χ4n) is 2.87. The molecule has 1 aliphatic rings. The maximum absolute atomic E-state index is 12.1. The molecule has 1 aromatic carbocycles. The lowest BCUT2D eigenvalue weighted by Crippen LogP contribution is -2.28. The first-order chi connectivity index (χ1) is 11.2. The molecule has 5 nitrogen and oxygen atoms in total. The summed E-state index contributed by atoms with van der Waals surface area (Å²) in [4.78, 5) is 23.6. The van der Waals surface area contributed by atoms with Crippen LogP contribution in [-0.2, 0) is 20.7 Å². The fourth-order valence-corrected chi connectivity index (χ4v) is 2.87. The number of rotatable bonds is 7. The predicted octanol–water partition coefficient (Wildman–Crippen LogP) is 2.93. The van der Waals surface area contributed by atoms with Crippen molar-refractivity contribution < 1.29 is 14.3 Å². The average Bonchev–Trinajstić information content (AvgIpc) is 2.54. The van der Waals surface area contributed by atoms with Crippen molar-refractivity contribution in [3.63, 3.8) is 0 Å². The van der Waals surface area contributed by atoms with Gasteiger partial charge in [-0.05, 0) is 62.9 Å². The third-order valence-electron chi connectivity index (χ3n) is 4.10. The normalized spacial score (nSPS) is 14.5. The van der Waals surface area contributed by atoms with Gasteiger partial charge in [0.2, 0.25) is 5.91 Å². The number of hydrogen-bond acceptors (Lipinski definition) is 4. The Bertz CT molecular complexity index is 531. The Morgan fingerprint density at radius 1 is 1.29 bits per heavy atom. The Kier molecular flexibility index (Phi) is 9.42. The van der Waals surface area contributed by atoms with Crippen molar-refractivity contribution in [1.29, 1.82) is 0 Å². The Morgan fingerprint density at radius 2 is 2.04 bits per heavy atom. The van der Waals surface area contributed by atoms with Crippen molar-refractivity contribution in [3.05, 3.63) is 29.8 Å². The molecule has 1 aromatic rings. The lowest BCUT2D eigenvalue weighted by Gasteiger charge is -2.22. The zero-order valence-electron chi connectivity index (χ0n) is 14.2. The number of nitrogens with one attached hydrogen (secondary N) is 2. The maximum atomic E-state index is 12.1. The number of amides is 1.